The summed E-state index contributed by atoms with van der Waals surface area (Å²) in [6.45, 7) is 8.37. The smallest absolute Gasteiger partial charge is 0.246 e. The summed E-state index contributed by atoms with van der Waals surface area (Å²) in [5, 5.41) is 7.52. The van der Waals surface area contributed by atoms with Crippen LogP contribution in [0.1, 0.15) is 11.1 Å². The number of benzene rings is 2. The molecule has 0 atom stereocenters. The molecular weight excluding hydrogens is 356 g/mol. The molecule has 6 heteroatoms. The highest BCUT2D eigenvalue weighted by Crippen LogP contribution is 2.19. The molecule has 0 aliphatic carbocycles. The number of hydrogen-bond donors (Lipinski definition) is 1. The SMILES string of the molecule is C=CCn1c(-c2ccccc2)nn(CC(=O)Nc2ccc(C)cc2C)c1=S. The van der Waals surface area contributed by atoms with E-state index in [0.29, 0.717) is 11.3 Å². The lowest BCUT2D eigenvalue weighted by Crippen LogP contribution is -2.20. The molecule has 1 amide bonds. The Bertz CT molecular complexity index is 1030. The molecule has 0 saturated carbocycles. The molecule has 138 valence electrons. The summed E-state index contributed by atoms with van der Waals surface area (Å²) in [5.41, 5.74) is 3.92. The molecule has 0 saturated heterocycles. The second-order valence-electron chi connectivity index (χ2n) is 6.40. The number of hydrogen-bond acceptors (Lipinski definition) is 3. The van der Waals surface area contributed by atoms with Crippen LogP contribution in [0.25, 0.3) is 11.4 Å². The van der Waals surface area contributed by atoms with Crippen molar-refractivity contribution in [3.05, 3.63) is 77.1 Å². The molecule has 5 nitrogen and oxygen atoms in total. The first-order valence-electron chi connectivity index (χ1n) is 8.70. The highest BCUT2D eigenvalue weighted by atomic mass is 32.1. The fourth-order valence-corrected chi connectivity index (χ4v) is 3.18. The topological polar surface area (TPSA) is 51.9 Å². The first-order chi connectivity index (χ1) is 13.0. The van der Waals surface area contributed by atoms with Gasteiger partial charge in [-0.25, -0.2) is 4.68 Å². The molecule has 2 aromatic carbocycles. The van der Waals surface area contributed by atoms with Crippen molar-refractivity contribution < 1.29 is 4.79 Å². The van der Waals surface area contributed by atoms with Crippen LogP contribution in [0.15, 0.2) is 61.2 Å². The Kier molecular flexibility index (Phi) is 5.66. The Labute approximate surface area is 164 Å². The standard InChI is InChI=1S/C21H22N4OS/c1-4-12-24-20(17-8-6-5-7-9-17)23-25(21(24)27)14-19(26)22-18-11-10-15(2)13-16(18)3/h4-11,13H,1,12,14H2,2-3H3,(H,22,26). The molecule has 0 radical (unpaired) electrons. The van der Waals surface area contributed by atoms with Gasteiger partial charge in [-0.3, -0.25) is 9.36 Å². The third-order valence-electron chi connectivity index (χ3n) is 4.22. The maximum Gasteiger partial charge on any atom is 0.246 e. The highest BCUT2D eigenvalue weighted by Gasteiger charge is 2.14. The second-order valence-corrected chi connectivity index (χ2v) is 6.76. The zero-order valence-electron chi connectivity index (χ0n) is 15.5. The van der Waals surface area contributed by atoms with Crippen LogP contribution in [0, 0.1) is 18.6 Å². The number of aromatic nitrogens is 3. The molecule has 27 heavy (non-hydrogen) atoms. The number of nitrogens with zero attached hydrogens (tertiary/aromatic N) is 3. The second kappa shape index (κ2) is 8.14. The number of amides is 1. The van der Waals surface area contributed by atoms with Crippen molar-refractivity contribution in [2.75, 3.05) is 5.32 Å². The van der Waals surface area contributed by atoms with Crippen molar-refractivity contribution in [2.24, 2.45) is 0 Å². The zero-order valence-corrected chi connectivity index (χ0v) is 16.3. The molecule has 1 heterocycles. The van der Waals surface area contributed by atoms with E-state index in [1.54, 1.807) is 10.8 Å². The number of allylic oxidation sites excluding steroid dienone is 1. The van der Waals surface area contributed by atoms with E-state index in [4.69, 9.17) is 12.2 Å². The average Bonchev–Trinajstić information content (AvgIpc) is 2.95. The maximum atomic E-state index is 12.5. The quantitative estimate of drug-likeness (QED) is 0.507. The third-order valence-corrected chi connectivity index (χ3v) is 4.65. The predicted molar refractivity (Wildman–Crippen MR) is 111 cm³/mol. The van der Waals surface area contributed by atoms with E-state index in [1.807, 2.05) is 66.9 Å². The first kappa shape index (κ1) is 18.8. The zero-order chi connectivity index (χ0) is 19.4. The van der Waals surface area contributed by atoms with Gasteiger partial charge in [-0.1, -0.05) is 54.1 Å². The molecule has 0 aliphatic rings. The molecule has 1 N–H and O–H groups in total. The van der Waals surface area contributed by atoms with Gasteiger partial charge in [0.15, 0.2) is 10.6 Å². The summed E-state index contributed by atoms with van der Waals surface area (Å²) >= 11 is 5.54. The van der Waals surface area contributed by atoms with E-state index in [-0.39, 0.29) is 12.5 Å². The lowest BCUT2D eigenvalue weighted by atomic mass is 10.1. The van der Waals surface area contributed by atoms with Crippen LogP contribution in [0.4, 0.5) is 5.69 Å². The summed E-state index contributed by atoms with van der Waals surface area (Å²) in [5.74, 6) is 0.556. The molecule has 0 unspecified atom stereocenters. The van der Waals surface area contributed by atoms with Crippen LogP contribution in [-0.2, 0) is 17.9 Å². The van der Waals surface area contributed by atoms with E-state index in [9.17, 15) is 4.79 Å². The van der Waals surface area contributed by atoms with Crippen LogP contribution in [-0.4, -0.2) is 20.3 Å². The molecule has 1 aromatic heterocycles. The third kappa shape index (κ3) is 4.23. The number of rotatable bonds is 6. The summed E-state index contributed by atoms with van der Waals surface area (Å²) in [7, 11) is 0. The summed E-state index contributed by atoms with van der Waals surface area (Å²) in [6, 6.07) is 15.7. The van der Waals surface area contributed by atoms with Gasteiger partial charge < -0.3 is 5.32 Å². The minimum Gasteiger partial charge on any atom is -0.324 e. The van der Waals surface area contributed by atoms with Gasteiger partial charge in [0.1, 0.15) is 6.54 Å². The van der Waals surface area contributed by atoms with E-state index >= 15 is 0 Å². The van der Waals surface area contributed by atoms with Crippen molar-refractivity contribution in [1.29, 1.82) is 0 Å². The van der Waals surface area contributed by atoms with Gasteiger partial charge >= 0.3 is 0 Å². The Balaban J connectivity index is 1.87. The van der Waals surface area contributed by atoms with Gasteiger partial charge in [0.05, 0.1) is 0 Å². The van der Waals surface area contributed by atoms with Gasteiger partial charge in [0.25, 0.3) is 0 Å². The van der Waals surface area contributed by atoms with Crippen LogP contribution in [0.3, 0.4) is 0 Å². The Morgan fingerprint density at radius 1 is 1.22 bits per heavy atom. The predicted octanol–water partition coefficient (Wildman–Crippen LogP) is 4.52. The number of carbonyl (C=O) groups is 1. The first-order valence-corrected chi connectivity index (χ1v) is 9.11. The lowest BCUT2D eigenvalue weighted by molar-refractivity contribution is -0.116. The fourth-order valence-electron chi connectivity index (χ4n) is 2.92. The van der Waals surface area contributed by atoms with Crippen LogP contribution in [0.2, 0.25) is 0 Å². The van der Waals surface area contributed by atoms with Crippen LogP contribution in [0.5, 0.6) is 0 Å². The molecule has 3 rings (SSSR count). The average molecular weight is 379 g/mol. The summed E-state index contributed by atoms with van der Waals surface area (Å²) in [6.07, 6.45) is 1.77. The van der Waals surface area contributed by atoms with Crippen molar-refractivity contribution in [1.82, 2.24) is 14.3 Å². The van der Waals surface area contributed by atoms with Gasteiger partial charge in [-0.2, -0.15) is 5.10 Å². The molecule has 3 aromatic rings. The van der Waals surface area contributed by atoms with Crippen molar-refractivity contribution in [3.8, 4) is 11.4 Å². The largest absolute Gasteiger partial charge is 0.324 e. The van der Waals surface area contributed by atoms with Crippen LogP contribution < -0.4 is 5.32 Å². The molecule has 0 aliphatic heterocycles. The number of anilines is 1. The van der Waals surface area contributed by atoms with E-state index in [1.165, 1.54) is 0 Å². The van der Waals surface area contributed by atoms with Crippen molar-refractivity contribution in [3.63, 3.8) is 0 Å². The van der Waals surface area contributed by atoms with Gasteiger partial charge in [-0.05, 0) is 37.7 Å². The molecule has 0 bridgehead atoms. The van der Waals surface area contributed by atoms with Gasteiger partial charge in [0.2, 0.25) is 5.91 Å². The van der Waals surface area contributed by atoms with Crippen molar-refractivity contribution >= 4 is 23.8 Å². The maximum absolute atomic E-state index is 12.5. The number of aryl methyl sites for hydroxylation is 2. The Morgan fingerprint density at radius 3 is 2.63 bits per heavy atom. The Morgan fingerprint density at radius 2 is 1.96 bits per heavy atom. The van der Waals surface area contributed by atoms with Crippen LogP contribution >= 0.6 is 12.2 Å². The molecule has 0 spiro atoms. The van der Waals surface area contributed by atoms with E-state index in [0.717, 1.165) is 28.2 Å². The van der Waals surface area contributed by atoms with E-state index < -0.39 is 0 Å². The van der Waals surface area contributed by atoms with Gasteiger partial charge in [-0.15, -0.1) is 6.58 Å². The van der Waals surface area contributed by atoms with Crippen molar-refractivity contribution in [2.45, 2.75) is 26.9 Å². The molecular formula is C21H22N4OS. The minimum atomic E-state index is -0.166. The fraction of sp³-hybridized carbons (Fsp3) is 0.190. The Hall–Kier alpha value is -2.99. The molecule has 0 fully saturated rings. The monoisotopic (exact) mass is 378 g/mol. The lowest BCUT2D eigenvalue weighted by Gasteiger charge is -2.09. The minimum absolute atomic E-state index is 0.0517. The van der Waals surface area contributed by atoms with E-state index in [2.05, 4.69) is 17.0 Å². The number of nitrogens with one attached hydrogen (secondary N) is 1. The highest BCUT2D eigenvalue weighted by molar-refractivity contribution is 7.71. The van der Waals surface area contributed by atoms with Gasteiger partial charge in [0, 0.05) is 17.8 Å². The summed E-state index contributed by atoms with van der Waals surface area (Å²) in [4.78, 5) is 12.5. The summed E-state index contributed by atoms with van der Waals surface area (Å²) < 4.78 is 3.92. The number of carbonyl (C=O) groups excluding carboxylic acids is 1. The normalized spacial score (nSPS) is 10.6.